The first kappa shape index (κ1) is 19.5. The summed E-state index contributed by atoms with van der Waals surface area (Å²) >= 11 is 0. The zero-order chi connectivity index (χ0) is 17.0. The van der Waals surface area contributed by atoms with E-state index in [-0.39, 0.29) is 0 Å². The van der Waals surface area contributed by atoms with Gasteiger partial charge in [-0.1, -0.05) is 95.5 Å². The lowest BCUT2D eigenvalue weighted by molar-refractivity contribution is 0.178. The second-order valence-electron chi connectivity index (χ2n) is 8.20. The van der Waals surface area contributed by atoms with Crippen LogP contribution in [-0.4, -0.2) is 0 Å². The van der Waals surface area contributed by atoms with E-state index in [1.54, 1.807) is 0 Å². The average Bonchev–Trinajstić information content (AvgIpc) is 2.63. The maximum Gasteiger partial charge on any atom is -0.0279 e. The minimum absolute atomic E-state index is 0.996. The van der Waals surface area contributed by atoms with Crippen LogP contribution >= 0.6 is 0 Å². The van der Waals surface area contributed by atoms with Gasteiger partial charge >= 0.3 is 0 Å². The topological polar surface area (TPSA) is 0 Å². The second kappa shape index (κ2) is 11.7. The number of benzene rings is 1. The van der Waals surface area contributed by atoms with Crippen molar-refractivity contribution < 1.29 is 0 Å². The highest BCUT2D eigenvalue weighted by atomic mass is 14.3. The molecule has 0 aromatic heterocycles. The monoisotopic (exact) mass is 328 g/mol. The van der Waals surface area contributed by atoms with Gasteiger partial charge in [0.15, 0.2) is 0 Å². The molecule has 0 heterocycles. The van der Waals surface area contributed by atoms with E-state index >= 15 is 0 Å². The molecule has 1 saturated carbocycles. The van der Waals surface area contributed by atoms with Gasteiger partial charge in [0.2, 0.25) is 0 Å². The molecule has 1 fully saturated rings. The molecule has 0 saturated heterocycles. The quantitative estimate of drug-likeness (QED) is 0.363. The van der Waals surface area contributed by atoms with Gasteiger partial charge in [-0.25, -0.2) is 0 Å². The number of hydrogen-bond donors (Lipinski definition) is 0. The molecule has 2 rings (SSSR count). The number of unbranched alkanes of at least 4 members (excludes halogenated alkanes) is 2. The molecule has 0 amide bonds. The predicted molar refractivity (Wildman–Crippen MR) is 107 cm³/mol. The highest BCUT2D eigenvalue weighted by molar-refractivity contribution is 5.14. The summed E-state index contributed by atoms with van der Waals surface area (Å²) in [5.41, 5.74) is 1.52. The Bertz CT molecular complexity index is 399. The van der Waals surface area contributed by atoms with Crippen molar-refractivity contribution in [2.24, 2.45) is 17.8 Å². The second-order valence-corrected chi connectivity index (χ2v) is 8.20. The van der Waals surface area contributed by atoms with Crippen LogP contribution in [0.25, 0.3) is 0 Å². The van der Waals surface area contributed by atoms with Crippen LogP contribution in [0, 0.1) is 17.8 Å². The smallest absolute Gasteiger partial charge is 0.0279 e. The minimum Gasteiger partial charge on any atom is -0.0654 e. The third-order valence-corrected chi connectivity index (χ3v) is 6.32. The van der Waals surface area contributed by atoms with Crippen molar-refractivity contribution in [2.75, 3.05) is 0 Å². The van der Waals surface area contributed by atoms with Gasteiger partial charge in [0.1, 0.15) is 0 Å². The fourth-order valence-corrected chi connectivity index (χ4v) is 4.83. The molecule has 136 valence electrons. The predicted octanol–water partition coefficient (Wildman–Crippen LogP) is 7.81. The van der Waals surface area contributed by atoms with Crippen molar-refractivity contribution >= 4 is 0 Å². The zero-order valence-electron chi connectivity index (χ0n) is 16.3. The fourth-order valence-electron chi connectivity index (χ4n) is 4.83. The number of aryl methyl sites for hydroxylation is 1. The van der Waals surface area contributed by atoms with Crippen LogP contribution in [-0.2, 0) is 6.42 Å². The summed E-state index contributed by atoms with van der Waals surface area (Å²) in [5, 5.41) is 0. The van der Waals surface area contributed by atoms with Crippen molar-refractivity contribution in [3.8, 4) is 0 Å². The third kappa shape index (κ3) is 6.99. The summed E-state index contributed by atoms with van der Waals surface area (Å²) in [6, 6.07) is 11.1. The Labute approximate surface area is 151 Å². The Kier molecular flexibility index (Phi) is 9.54. The van der Waals surface area contributed by atoms with Gasteiger partial charge < -0.3 is 0 Å². The van der Waals surface area contributed by atoms with E-state index in [1.807, 2.05) is 0 Å². The number of hydrogen-bond acceptors (Lipinski definition) is 0. The molecule has 1 aromatic rings. The summed E-state index contributed by atoms with van der Waals surface area (Å²) in [5.74, 6) is 3.08. The van der Waals surface area contributed by atoms with E-state index in [0.29, 0.717) is 0 Å². The lowest BCUT2D eigenvalue weighted by atomic mass is 9.72. The van der Waals surface area contributed by atoms with Crippen LogP contribution in [0.5, 0.6) is 0 Å². The third-order valence-electron chi connectivity index (χ3n) is 6.32. The van der Waals surface area contributed by atoms with Crippen molar-refractivity contribution in [3.63, 3.8) is 0 Å². The van der Waals surface area contributed by atoms with Gasteiger partial charge in [-0.15, -0.1) is 0 Å². The largest absolute Gasteiger partial charge is 0.0654 e. The molecule has 1 aliphatic carbocycles. The Balaban J connectivity index is 1.70. The van der Waals surface area contributed by atoms with Gasteiger partial charge in [0.25, 0.3) is 0 Å². The standard InChI is InChI=1S/C24H40/c1-3-5-7-12-22-17-19-24(20-18-22)23(11-4-2)16-10-15-21-13-8-6-9-14-21/h6,8-9,13-14,22-24H,3-5,7,10-12,15-20H2,1-2H3. The van der Waals surface area contributed by atoms with Crippen LogP contribution in [0.15, 0.2) is 30.3 Å². The molecule has 0 spiro atoms. The normalized spacial score (nSPS) is 22.4. The van der Waals surface area contributed by atoms with Crippen LogP contribution in [0.2, 0.25) is 0 Å². The zero-order valence-corrected chi connectivity index (χ0v) is 16.3. The fraction of sp³-hybridized carbons (Fsp3) is 0.750. The Morgan fingerprint density at radius 2 is 1.58 bits per heavy atom. The highest BCUT2D eigenvalue weighted by Gasteiger charge is 2.26. The van der Waals surface area contributed by atoms with Gasteiger partial charge in [-0.05, 0) is 55.4 Å². The van der Waals surface area contributed by atoms with E-state index in [2.05, 4.69) is 44.2 Å². The Morgan fingerprint density at radius 1 is 0.833 bits per heavy atom. The molecule has 1 unspecified atom stereocenters. The van der Waals surface area contributed by atoms with Crippen LogP contribution in [0.1, 0.15) is 96.5 Å². The molecule has 1 aliphatic rings. The number of rotatable bonds is 11. The molecule has 1 aromatic carbocycles. The van der Waals surface area contributed by atoms with Crippen molar-refractivity contribution in [1.29, 1.82) is 0 Å². The molecule has 0 radical (unpaired) electrons. The Morgan fingerprint density at radius 3 is 2.25 bits per heavy atom. The molecule has 0 nitrogen and oxygen atoms in total. The van der Waals surface area contributed by atoms with E-state index in [0.717, 1.165) is 17.8 Å². The van der Waals surface area contributed by atoms with E-state index in [9.17, 15) is 0 Å². The first-order valence-electron chi connectivity index (χ1n) is 10.9. The van der Waals surface area contributed by atoms with E-state index in [4.69, 9.17) is 0 Å². The van der Waals surface area contributed by atoms with Crippen LogP contribution in [0.4, 0.5) is 0 Å². The lowest BCUT2D eigenvalue weighted by Crippen LogP contribution is -2.22. The maximum absolute atomic E-state index is 2.38. The molecule has 0 aliphatic heterocycles. The molecular weight excluding hydrogens is 288 g/mol. The van der Waals surface area contributed by atoms with Crippen LogP contribution < -0.4 is 0 Å². The highest BCUT2D eigenvalue weighted by Crippen LogP contribution is 2.39. The van der Waals surface area contributed by atoms with Gasteiger partial charge in [0, 0.05) is 0 Å². The summed E-state index contributed by atoms with van der Waals surface area (Å²) in [4.78, 5) is 0. The molecular formula is C24H40. The first-order valence-corrected chi connectivity index (χ1v) is 10.9. The van der Waals surface area contributed by atoms with Crippen molar-refractivity contribution in [1.82, 2.24) is 0 Å². The van der Waals surface area contributed by atoms with E-state index in [1.165, 1.54) is 89.0 Å². The van der Waals surface area contributed by atoms with Gasteiger partial charge in [0.05, 0.1) is 0 Å². The van der Waals surface area contributed by atoms with Crippen molar-refractivity contribution in [2.45, 2.75) is 97.3 Å². The van der Waals surface area contributed by atoms with Gasteiger partial charge in [-0.3, -0.25) is 0 Å². The SMILES string of the molecule is CCCCCC1CCC(C(CCC)CCCc2ccccc2)CC1. The summed E-state index contributed by atoms with van der Waals surface area (Å²) in [6.45, 7) is 4.70. The van der Waals surface area contributed by atoms with Crippen molar-refractivity contribution in [3.05, 3.63) is 35.9 Å². The maximum atomic E-state index is 2.38. The molecule has 0 heteroatoms. The summed E-state index contributed by atoms with van der Waals surface area (Å²) in [6.07, 6.45) is 18.8. The van der Waals surface area contributed by atoms with Crippen LogP contribution in [0.3, 0.4) is 0 Å². The first-order chi connectivity index (χ1) is 11.8. The van der Waals surface area contributed by atoms with E-state index < -0.39 is 0 Å². The van der Waals surface area contributed by atoms with Gasteiger partial charge in [-0.2, -0.15) is 0 Å². The Hall–Kier alpha value is -0.780. The molecule has 1 atom stereocenters. The average molecular weight is 329 g/mol. The lowest BCUT2D eigenvalue weighted by Gasteiger charge is -2.34. The summed E-state index contributed by atoms with van der Waals surface area (Å²) < 4.78 is 0. The molecule has 24 heavy (non-hydrogen) atoms. The molecule has 0 N–H and O–H groups in total. The minimum atomic E-state index is 0.996. The molecule has 0 bridgehead atoms. The summed E-state index contributed by atoms with van der Waals surface area (Å²) in [7, 11) is 0.